The summed E-state index contributed by atoms with van der Waals surface area (Å²) in [6.45, 7) is 2.09. The maximum absolute atomic E-state index is 13.9. The number of carbonyl (C=O) groups excluding carboxylic acids is 4. The second-order valence-electron chi connectivity index (χ2n) is 8.84. The van der Waals surface area contributed by atoms with E-state index in [0.29, 0.717) is 10.5 Å². The molecule has 1 saturated heterocycles. The number of Topliss-reactive ketones (excluding diaryl/α,β-unsaturated/α-hetero) is 1. The van der Waals surface area contributed by atoms with Crippen molar-refractivity contribution in [3.63, 3.8) is 0 Å². The minimum atomic E-state index is -3.26. The van der Waals surface area contributed by atoms with Crippen molar-refractivity contribution < 1.29 is 39.0 Å². The number of carboxylic acids is 2. The van der Waals surface area contributed by atoms with Crippen molar-refractivity contribution in [2.75, 3.05) is 4.90 Å². The molecule has 14 heteroatoms. The molecule has 3 rings (SSSR count). The number of amides is 4. The predicted octanol–water partition coefficient (Wildman–Crippen LogP) is -0.0487. The van der Waals surface area contributed by atoms with Crippen LogP contribution in [0.2, 0.25) is 0 Å². The lowest BCUT2D eigenvalue weighted by Crippen LogP contribution is -2.74. The second-order valence-corrected chi connectivity index (χ2v) is 8.84. The molecule has 0 radical (unpaired) electrons. The Kier molecular flexibility index (Phi) is 7.81. The highest BCUT2D eigenvalue weighted by Crippen LogP contribution is 2.38. The third-order valence-electron chi connectivity index (χ3n) is 6.29. The van der Waals surface area contributed by atoms with E-state index in [1.54, 1.807) is 12.1 Å². The first-order valence-electron chi connectivity index (χ1n) is 11.4. The van der Waals surface area contributed by atoms with Crippen LogP contribution in [0.25, 0.3) is 0 Å². The Hall–Kier alpha value is -5.11. The molecule has 0 bridgehead atoms. The first-order chi connectivity index (χ1) is 18.3. The molecule has 2 aromatic rings. The molecule has 2 aromatic carbocycles. The number of anilines is 1. The summed E-state index contributed by atoms with van der Waals surface area (Å²) in [5.74, 6) is -2.14. The number of urea groups is 1. The van der Waals surface area contributed by atoms with Gasteiger partial charge in [-0.2, -0.15) is 5.10 Å². The summed E-state index contributed by atoms with van der Waals surface area (Å²) < 4.78 is 0. The van der Waals surface area contributed by atoms with Crippen LogP contribution in [0.3, 0.4) is 0 Å². The number of nitrogens with zero attached hydrogens (tertiary/aromatic N) is 3. The van der Waals surface area contributed by atoms with E-state index in [-0.39, 0.29) is 16.2 Å². The van der Waals surface area contributed by atoms with Gasteiger partial charge in [0.25, 0.3) is 11.6 Å². The SMILES string of the molecule is CC(=O)[C@@](C(=O)O)(N1C(=O)N[C@](C)(c2ccc(C=NN)cc2)C1=O)N(C(=O)[C@@H](N)CC(=O)O)c1ccccc1. The van der Waals surface area contributed by atoms with Crippen LogP contribution in [0.4, 0.5) is 10.5 Å². The molecule has 0 unspecified atom stereocenters. The minimum Gasteiger partial charge on any atom is -0.481 e. The zero-order valence-corrected chi connectivity index (χ0v) is 20.9. The average molecular weight is 539 g/mol. The summed E-state index contributed by atoms with van der Waals surface area (Å²) in [7, 11) is 0. The number of aliphatic carboxylic acids is 2. The highest BCUT2D eigenvalue weighted by Gasteiger charge is 2.66. The monoisotopic (exact) mass is 538 g/mol. The normalized spacial score (nSPS) is 19.3. The zero-order chi connectivity index (χ0) is 29.1. The molecule has 204 valence electrons. The van der Waals surface area contributed by atoms with Crippen LogP contribution in [0, 0.1) is 0 Å². The van der Waals surface area contributed by atoms with Gasteiger partial charge in [-0.25, -0.2) is 14.5 Å². The topological polar surface area (TPSA) is 226 Å². The molecular weight excluding hydrogens is 512 g/mol. The molecule has 0 spiro atoms. The number of rotatable bonds is 10. The molecule has 4 amide bonds. The van der Waals surface area contributed by atoms with Crippen LogP contribution in [0.5, 0.6) is 0 Å². The van der Waals surface area contributed by atoms with E-state index >= 15 is 0 Å². The van der Waals surface area contributed by atoms with Crippen molar-refractivity contribution in [1.82, 2.24) is 10.2 Å². The molecule has 39 heavy (non-hydrogen) atoms. The first-order valence-corrected chi connectivity index (χ1v) is 11.4. The van der Waals surface area contributed by atoms with Crippen molar-refractivity contribution in [1.29, 1.82) is 0 Å². The smallest absolute Gasteiger partial charge is 0.360 e. The number of ketones is 1. The van der Waals surface area contributed by atoms with E-state index in [1.165, 1.54) is 55.6 Å². The Labute approximate surface area is 221 Å². The van der Waals surface area contributed by atoms with Gasteiger partial charge in [0.05, 0.1) is 18.7 Å². The second kappa shape index (κ2) is 10.7. The van der Waals surface area contributed by atoms with Crippen molar-refractivity contribution in [2.45, 2.75) is 37.5 Å². The number of nitrogens with one attached hydrogen (secondary N) is 1. The molecule has 1 heterocycles. The highest BCUT2D eigenvalue weighted by atomic mass is 16.4. The summed E-state index contributed by atoms with van der Waals surface area (Å²) in [5.41, 5.74) is 1.25. The van der Waals surface area contributed by atoms with Crippen LogP contribution < -0.4 is 21.8 Å². The van der Waals surface area contributed by atoms with E-state index in [0.717, 1.165) is 6.92 Å². The number of carboxylic acid groups (broad SMARTS) is 2. The maximum Gasteiger partial charge on any atom is 0.360 e. The molecule has 1 fully saturated rings. The molecular formula is C25H26N6O8. The van der Waals surface area contributed by atoms with Gasteiger partial charge in [-0.05, 0) is 37.1 Å². The summed E-state index contributed by atoms with van der Waals surface area (Å²) >= 11 is 0. The number of hydrogen-bond acceptors (Lipinski definition) is 9. The number of hydrogen-bond donors (Lipinski definition) is 5. The van der Waals surface area contributed by atoms with Crippen LogP contribution in [-0.2, 0) is 29.5 Å². The molecule has 0 aliphatic carbocycles. The largest absolute Gasteiger partial charge is 0.481 e. The summed E-state index contributed by atoms with van der Waals surface area (Å²) in [5, 5.41) is 25.5. The molecule has 1 aliphatic heterocycles. The molecule has 1 aliphatic rings. The molecule has 14 nitrogen and oxygen atoms in total. The minimum absolute atomic E-state index is 0.158. The van der Waals surface area contributed by atoms with Gasteiger partial charge in [0.1, 0.15) is 5.54 Å². The fraction of sp³-hybridized carbons (Fsp3) is 0.240. The van der Waals surface area contributed by atoms with Crippen molar-refractivity contribution in [3.05, 3.63) is 65.7 Å². The third kappa shape index (κ3) is 4.80. The lowest BCUT2D eigenvalue weighted by atomic mass is 9.89. The van der Waals surface area contributed by atoms with Crippen LogP contribution in [0.1, 0.15) is 31.4 Å². The van der Waals surface area contributed by atoms with Gasteiger partial charge < -0.3 is 27.1 Å². The van der Waals surface area contributed by atoms with Gasteiger partial charge in [-0.3, -0.25) is 24.1 Å². The van der Waals surface area contributed by atoms with Gasteiger partial charge in [0.15, 0.2) is 5.78 Å². The Balaban J connectivity index is 2.26. The van der Waals surface area contributed by atoms with E-state index < -0.39 is 59.2 Å². The third-order valence-corrected chi connectivity index (χ3v) is 6.29. The molecule has 7 N–H and O–H groups in total. The fourth-order valence-corrected chi connectivity index (χ4v) is 4.37. The van der Waals surface area contributed by atoms with Crippen LogP contribution in [0.15, 0.2) is 59.7 Å². The number of benzene rings is 2. The van der Waals surface area contributed by atoms with E-state index in [4.69, 9.17) is 11.6 Å². The quantitative estimate of drug-likeness (QED) is 0.0891. The van der Waals surface area contributed by atoms with Crippen LogP contribution >= 0.6 is 0 Å². The molecule has 0 saturated carbocycles. The average Bonchev–Trinajstić information content (AvgIpc) is 3.11. The lowest BCUT2D eigenvalue weighted by molar-refractivity contribution is -0.162. The Morgan fingerprint density at radius 1 is 1.10 bits per heavy atom. The number of hydrazone groups is 1. The number of nitrogens with two attached hydrogens (primary N) is 2. The van der Waals surface area contributed by atoms with Crippen molar-refractivity contribution in [2.24, 2.45) is 16.7 Å². The fourth-order valence-electron chi connectivity index (χ4n) is 4.37. The Morgan fingerprint density at radius 3 is 2.18 bits per heavy atom. The number of carbonyl (C=O) groups is 6. The van der Waals surface area contributed by atoms with Gasteiger partial charge in [0.2, 0.25) is 5.91 Å². The van der Waals surface area contributed by atoms with Crippen LogP contribution in [-0.4, -0.2) is 68.6 Å². The summed E-state index contributed by atoms with van der Waals surface area (Å²) in [6, 6.07) is 9.76. The highest BCUT2D eigenvalue weighted by molar-refractivity contribution is 6.24. The summed E-state index contributed by atoms with van der Waals surface area (Å²) in [6.07, 6.45) is 0.411. The first kappa shape index (κ1) is 28.5. The molecule has 0 aromatic heterocycles. The van der Waals surface area contributed by atoms with Gasteiger partial charge in [-0.1, -0.05) is 42.5 Å². The van der Waals surface area contributed by atoms with E-state index in [9.17, 15) is 39.0 Å². The van der Waals surface area contributed by atoms with E-state index in [1.807, 2.05) is 0 Å². The van der Waals surface area contributed by atoms with E-state index in [2.05, 4.69) is 10.4 Å². The standard InChI is InChI=1S/C25H26N6O8/c1-14(32)25(22(37)38,30(17-6-4-3-5-7-17)20(35)18(26)12-19(33)34)31-21(36)24(2,29-23(31)39)16-10-8-15(9-11-16)13-28-27/h3-11,13,18H,12,26-27H2,1-2H3,(H,29,39)(H,33,34)(H,37,38)/t18-,24+,25-/m0/s1. The number of para-hydroxylation sites is 1. The van der Waals surface area contributed by atoms with Crippen molar-refractivity contribution in [3.8, 4) is 0 Å². The van der Waals surface area contributed by atoms with Gasteiger partial charge in [-0.15, -0.1) is 0 Å². The van der Waals surface area contributed by atoms with Gasteiger partial charge >= 0.3 is 18.0 Å². The Bertz CT molecular complexity index is 1350. The molecule has 3 atom stereocenters. The lowest BCUT2D eigenvalue weighted by Gasteiger charge is -2.43. The van der Waals surface area contributed by atoms with Gasteiger partial charge in [0, 0.05) is 5.69 Å². The van der Waals surface area contributed by atoms with Crippen molar-refractivity contribution >= 4 is 47.5 Å². The zero-order valence-electron chi connectivity index (χ0n) is 20.9. The summed E-state index contributed by atoms with van der Waals surface area (Å²) in [4.78, 5) is 79.0. The Morgan fingerprint density at radius 2 is 1.69 bits per heavy atom. The predicted molar refractivity (Wildman–Crippen MR) is 136 cm³/mol. The number of imide groups is 1. The maximum atomic E-state index is 13.9.